The minimum absolute atomic E-state index is 0.0749. The highest BCUT2D eigenvalue weighted by Crippen LogP contribution is 2.33. The first kappa shape index (κ1) is 15.3. The first-order chi connectivity index (χ1) is 9.73. The van der Waals surface area contributed by atoms with Crippen LogP contribution >= 0.6 is 0 Å². The first-order valence-corrected chi connectivity index (χ1v) is 6.13. The van der Waals surface area contributed by atoms with Crippen molar-refractivity contribution in [3.05, 3.63) is 35.1 Å². The van der Waals surface area contributed by atoms with Crippen LogP contribution in [-0.2, 0) is 11.0 Å². The molecule has 1 aromatic rings. The Morgan fingerprint density at radius 2 is 1.95 bits per heavy atom. The van der Waals surface area contributed by atoms with Gasteiger partial charge >= 0.3 is 12.1 Å². The minimum Gasteiger partial charge on any atom is -0.480 e. The van der Waals surface area contributed by atoms with E-state index in [4.69, 9.17) is 5.11 Å². The van der Waals surface area contributed by atoms with Gasteiger partial charge in [-0.2, -0.15) is 13.2 Å². The van der Waals surface area contributed by atoms with E-state index in [-0.39, 0.29) is 13.0 Å². The average Bonchev–Trinajstić information content (AvgIpc) is 2.86. The van der Waals surface area contributed by atoms with Crippen molar-refractivity contribution in [1.82, 2.24) is 4.90 Å². The molecule has 114 valence electrons. The first-order valence-electron chi connectivity index (χ1n) is 6.13. The van der Waals surface area contributed by atoms with Crippen LogP contribution < -0.4 is 0 Å². The molecule has 0 saturated carbocycles. The van der Waals surface area contributed by atoms with Gasteiger partial charge in [-0.25, -0.2) is 9.18 Å². The lowest BCUT2D eigenvalue weighted by atomic mass is 10.1. The Bertz CT molecular complexity index is 585. The summed E-state index contributed by atoms with van der Waals surface area (Å²) in [5.41, 5.74) is -2.31. The van der Waals surface area contributed by atoms with Crippen molar-refractivity contribution < 1.29 is 32.3 Å². The van der Waals surface area contributed by atoms with Gasteiger partial charge in [-0.1, -0.05) is 6.07 Å². The Morgan fingerprint density at radius 3 is 2.52 bits per heavy atom. The van der Waals surface area contributed by atoms with E-state index in [0.717, 1.165) is 17.0 Å². The smallest absolute Gasteiger partial charge is 0.419 e. The van der Waals surface area contributed by atoms with Gasteiger partial charge in [0.1, 0.15) is 11.9 Å². The molecule has 0 radical (unpaired) electrons. The predicted molar refractivity (Wildman–Crippen MR) is 63.1 cm³/mol. The number of rotatable bonds is 2. The second-order valence-electron chi connectivity index (χ2n) is 4.66. The average molecular weight is 305 g/mol. The normalized spacial score (nSPS) is 18.9. The molecule has 0 spiro atoms. The summed E-state index contributed by atoms with van der Waals surface area (Å²) in [6.45, 7) is 0.0749. The summed E-state index contributed by atoms with van der Waals surface area (Å²) in [7, 11) is 0. The molecule has 1 saturated heterocycles. The van der Waals surface area contributed by atoms with Crippen LogP contribution in [0.15, 0.2) is 18.2 Å². The Hall–Kier alpha value is -2.12. The van der Waals surface area contributed by atoms with E-state index in [1.807, 2.05) is 0 Å². The highest BCUT2D eigenvalue weighted by atomic mass is 19.4. The maximum Gasteiger partial charge on any atom is 0.419 e. The summed E-state index contributed by atoms with van der Waals surface area (Å²) in [5.74, 6) is -3.97. The van der Waals surface area contributed by atoms with E-state index in [2.05, 4.69) is 0 Å². The second-order valence-corrected chi connectivity index (χ2v) is 4.66. The SMILES string of the molecule is O=C(O)[C@H]1CCCN1C(=O)c1cccc(C(F)(F)F)c1F. The summed E-state index contributed by atoms with van der Waals surface area (Å²) in [6, 6.07) is 1.24. The molecule has 1 amide bonds. The van der Waals surface area contributed by atoms with E-state index in [9.17, 15) is 27.2 Å². The van der Waals surface area contributed by atoms with Crippen molar-refractivity contribution in [3.8, 4) is 0 Å². The lowest BCUT2D eigenvalue weighted by Gasteiger charge is -2.22. The summed E-state index contributed by atoms with van der Waals surface area (Å²) in [5, 5.41) is 8.96. The largest absolute Gasteiger partial charge is 0.480 e. The van der Waals surface area contributed by atoms with E-state index in [0.29, 0.717) is 12.5 Å². The van der Waals surface area contributed by atoms with Gasteiger partial charge in [-0.3, -0.25) is 4.79 Å². The number of hydrogen-bond acceptors (Lipinski definition) is 2. The molecule has 0 aliphatic carbocycles. The van der Waals surface area contributed by atoms with E-state index < -0.39 is 41.0 Å². The van der Waals surface area contributed by atoms with E-state index in [1.54, 1.807) is 0 Å². The van der Waals surface area contributed by atoms with Crippen molar-refractivity contribution in [3.63, 3.8) is 0 Å². The molecular formula is C13H11F4NO3. The van der Waals surface area contributed by atoms with Crippen molar-refractivity contribution in [1.29, 1.82) is 0 Å². The third-order valence-electron chi connectivity index (χ3n) is 3.33. The fraction of sp³-hybridized carbons (Fsp3) is 0.385. The standard InChI is InChI=1S/C13H11F4NO3/c14-10-7(3-1-4-8(10)13(15,16)17)11(19)18-6-2-5-9(18)12(20)21/h1,3-4,9H,2,5-6H2,(H,20,21)/t9-/m1/s1. The molecule has 2 rings (SSSR count). The number of hydrogen-bond donors (Lipinski definition) is 1. The summed E-state index contributed by atoms with van der Waals surface area (Å²) in [4.78, 5) is 24.0. The lowest BCUT2D eigenvalue weighted by molar-refractivity contribution is -0.142. The number of carboxylic acid groups (broad SMARTS) is 1. The Kier molecular flexibility index (Phi) is 3.89. The number of aliphatic carboxylic acids is 1. The monoisotopic (exact) mass is 305 g/mol. The number of halogens is 4. The van der Waals surface area contributed by atoms with Crippen LogP contribution in [0.5, 0.6) is 0 Å². The van der Waals surface area contributed by atoms with Crippen molar-refractivity contribution in [2.45, 2.75) is 25.1 Å². The van der Waals surface area contributed by atoms with Crippen LogP contribution in [0, 0.1) is 5.82 Å². The molecule has 1 aliphatic heterocycles. The van der Waals surface area contributed by atoms with Gasteiger partial charge in [0, 0.05) is 6.54 Å². The van der Waals surface area contributed by atoms with Gasteiger partial charge in [-0.15, -0.1) is 0 Å². The molecule has 1 heterocycles. The molecule has 0 unspecified atom stereocenters. The zero-order chi connectivity index (χ0) is 15.8. The third-order valence-corrected chi connectivity index (χ3v) is 3.33. The molecular weight excluding hydrogens is 294 g/mol. The summed E-state index contributed by atoms with van der Waals surface area (Å²) in [6.07, 6.45) is -4.32. The number of carboxylic acids is 1. The molecule has 0 bridgehead atoms. The molecule has 1 fully saturated rings. The van der Waals surface area contributed by atoms with Crippen LogP contribution in [0.25, 0.3) is 0 Å². The Labute approximate surface area is 117 Å². The van der Waals surface area contributed by atoms with E-state index in [1.165, 1.54) is 0 Å². The Morgan fingerprint density at radius 1 is 1.29 bits per heavy atom. The third kappa shape index (κ3) is 2.84. The maximum absolute atomic E-state index is 13.9. The molecule has 1 atom stereocenters. The van der Waals surface area contributed by atoms with Gasteiger partial charge < -0.3 is 10.0 Å². The fourth-order valence-electron chi connectivity index (χ4n) is 2.34. The van der Waals surface area contributed by atoms with Gasteiger partial charge in [0.2, 0.25) is 0 Å². The highest BCUT2D eigenvalue weighted by molar-refractivity contribution is 5.97. The molecule has 1 N–H and O–H groups in total. The van der Waals surface area contributed by atoms with Gasteiger partial charge in [-0.05, 0) is 25.0 Å². The zero-order valence-electron chi connectivity index (χ0n) is 10.7. The van der Waals surface area contributed by atoms with Crippen LogP contribution in [-0.4, -0.2) is 34.5 Å². The van der Waals surface area contributed by atoms with Crippen LogP contribution in [0.3, 0.4) is 0 Å². The topological polar surface area (TPSA) is 57.6 Å². The second kappa shape index (κ2) is 5.34. The molecule has 21 heavy (non-hydrogen) atoms. The number of amides is 1. The van der Waals surface area contributed by atoms with Crippen LogP contribution in [0.4, 0.5) is 17.6 Å². The number of likely N-dealkylation sites (tertiary alicyclic amines) is 1. The van der Waals surface area contributed by atoms with Crippen molar-refractivity contribution in [2.24, 2.45) is 0 Å². The molecule has 8 heteroatoms. The molecule has 1 aromatic carbocycles. The van der Waals surface area contributed by atoms with Crippen LogP contribution in [0.1, 0.15) is 28.8 Å². The quantitative estimate of drug-likeness (QED) is 0.854. The number of carbonyl (C=O) groups is 2. The van der Waals surface area contributed by atoms with Crippen LogP contribution in [0.2, 0.25) is 0 Å². The number of alkyl halides is 3. The van der Waals surface area contributed by atoms with Gasteiger partial charge in [0.25, 0.3) is 5.91 Å². The highest BCUT2D eigenvalue weighted by Gasteiger charge is 2.39. The molecule has 4 nitrogen and oxygen atoms in total. The van der Waals surface area contributed by atoms with Crippen molar-refractivity contribution >= 4 is 11.9 Å². The predicted octanol–water partition coefficient (Wildman–Crippen LogP) is 2.53. The van der Waals surface area contributed by atoms with Gasteiger partial charge in [0.05, 0.1) is 11.1 Å². The maximum atomic E-state index is 13.9. The number of nitrogens with zero attached hydrogens (tertiary/aromatic N) is 1. The zero-order valence-corrected chi connectivity index (χ0v) is 10.7. The molecule has 0 aromatic heterocycles. The Balaban J connectivity index is 2.38. The summed E-state index contributed by atoms with van der Waals surface area (Å²) >= 11 is 0. The lowest BCUT2D eigenvalue weighted by Crippen LogP contribution is -2.40. The minimum atomic E-state index is -4.92. The number of benzene rings is 1. The number of carbonyl (C=O) groups excluding carboxylic acids is 1. The van der Waals surface area contributed by atoms with Gasteiger partial charge in [0.15, 0.2) is 0 Å². The van der Waals surface area contributed by atoms with Crippen molar-refractivity contribution in [2.75, 3.05) is 6.54 Å². The fourth-order valence-corrected chi connectivity index (χ4v) is 2.34. The molecule has 1 aliphatic rings. The summed E-state index contributed by atoms with van der Waals surface area (Å²) < 4.78 is 51.7. The van der Waals surface area contributed by atoms with E-state index >= 15 is 0 Å².